The van der Waals surface area contributed by atoms with E-state index in [0.29, 0.717) is 19.3 Å². The van der Waals surface area contributed by atoms with Crippen LogP contribution in [0, 0.1) is 0 Å². The Morgan fingerprint density at radius 2 is 2.11 bits per heavy atom. The smallest absolute Gasteiger partial charge is 0.155 e. The molecule has 0 aliphatic carbocycles. The second kappa shape index (κ2) is 5.74. The van der Waals surface area contributed by atoms with Crippen LogP contribution < -0.4 is 5.32 Å². The van der Waals surface area contributed by atoms with E-state index in [1.165, 1.54) is 0 Å². The van der Waals surface area contributed by atoms with Crippen molar-refractivity contribution in [1.29, 1.82) is 0 Å². The van der Waals surface area contributed by atoms with E-state index < -0.39 is 9.84 Å². The molecule has 0 spiro atoms. The van der Waals surface area contributed by atoms with Crippen LogP contribution in [0.3, 0.4) is 0 Å². The maximum absolute atomic E-state index is 12.0. The molecule has 1 heterocycles. The van der Waals surface area contributed by atoms with Gasteiger partial charge in [-0.3, -0.25) is 4.79 Å². The lowest BCUT2D eigenvalue weighted by Gasteiger charge is -2.09. The molecule has 0 fully saturated rings. The fraction of sp³-hybridized carbons (Fsp3) is 0.500. The van der Waals surface area contributed by atoms with Crippen molar-refractivity contribution in [3.63, 3.8) is 0 Å². The Morgan fingerprint density at radius 1 is 1.37 bits per heavy atom. The molecule has 5 heteroatoms. The third-order valence-electron chi connectivity index (χ3n) is 3.48. The highest BCUT2D eigenvalue weighted by molar-refractivity contribution is 7.91. The highest BCUT2D eigenvalue weighted by Gasteiger charge is 2.25. The van der Waals surface area contributed by atoms with Gasteiger partial charge in [-0.05, 0) is 18.1 Å². The van der Waals surface area contributed by atoms with E-state index in [0.717, 1.165) is 11.3 Å². The normalized spacial score (nSPS) is 17.8. The highest BCUT2D eigenvalue weighted by atomic mass is 32.2. The molecule has 0 amide bonds. The van der Waals surface area contributed by atoms with Crippen LogP contribution in [0.1, 0.15) is 25.3 Å². The Hall–Kier alpha value is -1.36. The molecule has 0 aromatic heterocycles. The van der Waals surface area contributed by atoms with Gasteiger partial charge in [-0.1, -0.05) is 25.1 Å². The minimum atomic E-state index is -2.96. The molecule has 2 rings (SSSR count). The fourth-order valence-electron chi connectivity index (χ4n) is 2.28. The Morgan fingerprint density at radius 3 is 2.79 bits per heavy atom. The average molecular weight is 281 g/mol. The zero-order chi connectivity index (χ0) is 13.9. The van der Waals surface area contributed by atoms with Crippen molar-refractivity contribution < 1.29 is 13.2 Å². The van der Waals surface area contributed by atoms with Crippen molar-refractivity contribution in [2.24, 2.45) is 0 Å². The van der Waals surface area contributed by atoms with E-state index in [1.54, 1.807) is 6.92 Å². The summed E-state index contributed by atoms with van der Waals surface area (Å²) in [4.78, 5) is 12.0. The predicted octanol–water partition coefficient (Wildman–Crippen LogP) is 1.81. The molecule has 1 aromatic carbocycles. The number of rotatable bonds is 6. The number of Topliss-reactive ketones (excluding diaryl/α,β-unsaturated/α-hetero) is 1. The minimum Gasteiger partial charge on any atom is -0.375 e. The first-order chi connectivity index (χ1) is 9.02. The summed E-state index contributed by atoms with van der Waals surface area (Å²) >= 11 is 0. The number of hydrogen-bond donors (Lipinski definition) is 1. The van der Waals surface area contributed by atoms with Crippen LogP contribution in [0.5, 0.6) is 0 Å². The van der Waals surface area contributed by atoms with E-state index >= 15 is 0 Å². The Balaban J connectivity index is 1.84. The number of para-hydroxylation sites is 1. The summed E-state index contributed by atoms with van der Waals surface area (Å²) in [5.41, 5.74) is 2.17. The van der Waals surface area contributed by atoms with Gasteiger partial charge < -0.3 is 5.32 Å². The quantitative estimate of drug-likeness (QED) is 0.863. The summed E-state index contributed by atoms with van der Waals surface area (Å²) in [6, 6.07) is 7.68. The highest BCUT2D eigenvalue weighted by Crippen LogP contribution is 2.26. The lowest BCUT2D eigenvalue weighted by molar-refractivity contribution is -0.119. The molecule has 1 unspecified atom stereocenters. The zero-order valence-electron chi connectivity index (χ0n) is 11.1. The van der Waals surface area contributed by atoms with Crippen molar-refractivity contribution >= 4 is 21.3 Å². The van der Waals surface area contributed by atoms with Crippen molar-refractivity contribution in [3.05, 3.63) is 29.8 Å². The summed E-state index contributed by atoms with van der Waals surface area (Å²) in [5.74, 6) is 0.353. The molecule has 1 aliphatic rings. The molecular weight excluding hydrogens is 262 g/mol. The Bertz CT molecular complexity index is 541. The van der Waals surface area contributed by atoms with Gasteiger partial charge in [0.05, 0.1) is 11.8 Å². The van der Waals surface area contributed by atoms with Gasteiger partial charge >= 0.3 is 0 Å². The van der Waals surface area contributed by atoms with Crippen LogP contribution in [-0.2, 0) is 21.1 Å². The third kappa shape index (κ3) is 3.56. The van der Waals surface area contributed by atoms with E-state index in [1.807, 2.05) is 24.3 Å². The second-order valence-electron chi connectivity index (χ2n) is 4.86. The van der Waals surface area contributed by atoms with Gasteiger partial charge in [0.1, 0.15) is 9.84 Å². The summed E-state index contributed by atoms with van der Waals surface area (Å²) in [7, 11) is -2.96. The van der Waals surface area contributed by atoms with E-state index in [-0.39, 0.29) is 23.3 Å². The SMILES string of the molecule is CCS(=O)(=O)CCCC(=O)C1Cc2ccccc2N1. The van der Waals surface area contributed by atoms with Crippen LogP contribution >= 0.6 is 0 Å². The van der Waals surface area contributed by atoms with Gasteiger partial charge in [-0.15, -0.1) is 0 Å². The summed E-state index contributed by atoms with van der Waals surface area (Å²) in [6.45, 7) is 1.63. The molecule has 1 atom stereocenters. The first-order valence-corrected chi connectivity index (χ1v) is 8.41. The molecule has 0 saturated carbocycles. The van der Waals surface area contributed by atoms with E-state index in [4.69, 9.17) is 0 Å². The van der Waals surface area contributed by atoms with Crippen LogP contribution in [0.15, 0.2) is 24.3 Å². The number of carbonyl (C=O) groups is 1. The fourth-order valence-corrected chi connectivity index (χ4v) is 3.15. The van der Waals surface area contributed by atoms with Crippen LogP contribution in [0.4, 0.5) is 5.69 Å². The number of ketones is 1. The van der Waals surface area contributed by atoms with Gasteiger partial charge in [-0.2, -0.15) is 0 Å². The van der Waals surface area contributed by atoms with E-state index in [9.17, 15) is 13.2 Å². The maximum atomic E-state index is 12.0. The standard InChI is InChI=1S/C14H19NO3S/c1-2-19(17,18)9-5-8-14(16)13-10-11-6-3-4-7-12(11)15-13/h3-4,6-7,13,15H,2,5,8-10H2,1H3. The van der Waals surface area contributed by atoms with Crippen molar-refractivity contribution in [2.45, 2.75) is 32.2 Å². The number of benzene rings is 1. The van der Waals surface area contributed by atoms with Crippen molar-refractivity contribution in [1.82, 2.24) is 0 Å². The van der Waals surface area contributed by atoms with Gasteiger partial charge in [0.15, 0.2) is 5.78 Å². The van der Waals surface area contributed by atoms with Crippen LogP contribution in [-0.4, -0.2) is 31.7 Å². The van der Waals surface area contributed by atoms with Gasteiger partial charge in [0, 0.05) is 24.3 Å². The number of anilines is 1. The molecule has 0 radical (unpaired) electrons. The lowest BCUT2D eigenvalue weighted by atomic mass is 10.0. The van der Waals surface area contributed by atoms with E-state index in [2.05, 4.69) is 5.32 Å². The number of fused-ring (bicyclic) bond motifs is 1. The number of hydrogen-bond acceptors (Lipinski definition) is 4. The number of carbonyl (C=O) groups excluding carboxylic acids is 1. The van der Waals surface area contributed by atoms with Crippen molar-refractivity contribution in [3.8, 4) is 0 Å². The largest absolute Gasteiger partial charge is 0.375 e. The molecule has 1 aliphatic heterocycles. The Kier molecular flexibility index (Phi) is 4.24. The third-order valence-corrected chi connectivity index (χ3v) is 5.27. The average Bonchev–Trinajstić information content (AvgIpc) is 2.82. The molecule has 4 nitrogen and oxygen atoms in total. The molecule has 0 saturated heterocycles. The monoisotopic (exact) mass is 281 g/mol. The molecule has 1 N–H and O–H groups in total. The topological polar surface area (TPSA) is 63.2 Å². The molecule has 1 aromatic rings. The number of nitrogens with one attached hydrogen (secondary N) is 1. The lowest BCUT2D eigenvalue weighted by Crippen LogP contribution is -2.27. The molecule has 0 bridgehead atoms. The number of sulfone groups is 1. The van der Waals surface area contributed by atoms with Crippen LogP contribution in [0.2, 0.25) is 0 Å². The summed E-state index contributed by atoms with van der Waals surface area (Å²) in [5, 5.41) is 3.20. The van der Waals surface area contributed by atoms with Gasteiger partial charge in [-0.25, -0.2) is 8.42 Å². The summed E-state index contributed by atoms with van der Waals surface area (Å²) in [6.07, 6.45) is 1.45. The Labute approximate surface area is 114 Å². The minimum absolute atomic E-state index is 0.0995. The molecular formula is C14H19NO3S. The van der Waals surface area contributed by atoms with Crippen LogP contribution in [0.25, 0.3) is 0 Å². The first-order valence-electron chi connectivity index (χ1n) is 6.59. The van der Waals surface area contributed by atoms with Gasteiger partial charge in [0.25, 0.3) is 0 Å². The predicted molar refractivity (Wildman–Crippen MR) is 76.1 cm³/mol. The van der Waals surface area contributed by atoms with Gasteiger partial charge in [0.2, 0.25) is 0 Å². The molecule has 19 heavy (non-hydrogen) atoms. The maximum Gasteiger partial charge on any atom is 0.155 e. The zero-order valence-corrected chi connectivity index (χ0v) is 11.9. The second-order valence-corrected chi connectivity index (χ2v) is 7.34. The molecule has 104 valence electrons. The van der Waals surface area contributed by atoms with Crippen molar-refractivity contribution in [2.75, 3.05) is 16.8 Å². The summed E-state index contributed by atoms with van der Waals surface area (Å²) < 4.78 is 22.7. The first kappa shape index (κ1) is 14.1.